The van der Waals surface area contributed by atoms with E-state index >= 15 is 0 Å². The predicted octanol–water partition coefficient (Wildman–Crippen LogP) is 5.16. The smallest absolute Gasteiger partial charge is 0.163 e. The summed E-state index contributed by atoms with van der Waals surface area (Å²) in [5, 5.41) is 10.7. The van der Waals surface area contributed by atoms with Crippen LogP contribution in [-0.4, -0.2) is 10.9 Å². The van der Waals surface area contributed by atoms with E-state index in [-0.39, 0.29) is 17.1 Å². The lowest BCUT2D eigenvalue weighted by atomic mass is 10.1. The Morgan fingerprint density at radius 1 is 1.24 bits per heavy atom. The number of ketones is 1. The number of halogens is 1. The van der Waals surface area contributed by atoms with Crippen LogP contribution in [0, 0.1) is 13.8 Å². The van der Waals surface area contributed by atoms with Crippen LogP contribution in [0.2, 0.25) is 5.02 Å². The van der Waals surface area contributed by atoms with Crippen molar-refractivity contribution >= 4 is 29.1 Å². The second kappa shape index (κ2) is 6.54. The Balaban J connectivity index is 2.28. The highest BCUT2D eigenvalue weighted by Crippen LogP contribution is 2.34. The lowest BCUT2D eigenvalue weighted by molar-refractivity contribution is 0.101. The van der Waals surface area contributed by atoms with Crippen LogP contribution in [0.25, 0.3) is 0 Å². The van der Waals surface area contributed by atoms with Gasteiger partial charge >= 0.3 is 0 Å². The largest absolute Gasteiger partial charge is 0.507 e. The second-order valence-electron chi connectivity index (χ2n) is 5.07. The number of hydrogen-bond acceptors (Lipinski definition) is 3. The highest BCUT2D eigenvalue weighted by Gasteiger charge is 2.13. The summed E-state index contributed by atoms with van der Waals surface area (Å²) in [6.07, 6.45) is 0. The average molecular weight is 321 g/mol. The van der Waals surface area contributed by atoms with Crippen molar-refractivity contribution < 1.29 is 9.90 Å². The van der Waals surface area contributed by atoms with Crippen LogP contribution in [0.1, 0.15) is 34.0 Å². The van der Waals surface area contributed by atoms with Crippen LogP contribution in [0.4, 0.5) is 0 Å². The molecule has 110 valence electrons. The van der Waals surface area contributed by atoms with Gasteiger partial charge in [-0.1, -0.05) is 29.3 Å². The SMILES string of the molecule is CC(=O)c1cc(Cl)cc(CSc2cc(C)ccc2C)c1O. The highest BCUT2D eigenvalue weighted by molar-refractivity contribution is 7.98. The molecule has 0 heterocycles. The van der Waals surface area contributed by atoms with Crippen LogP contribution in [0.3, 0.4) is 0 Å². The molecule has 0 fully saturated rings. The zero-order valence-corrected chi connectivity index (χ0v) is 13.8. The molecular formula is C17H17ClO2S. The quantitative estimate of drug-likeness (QED) is 0.624. The Hall–Kier alpha value is -1.45. The number of Topliss-reactive ketones (excluding diaryl/α,β-unsaturated/α-hetero) is 1. The molecule has 2 aromatic rings. The molecule has 4 heteroatoms. The summed E-state index contributed by atoms with van der Waals surface area (Å²) in [5.41, 5.74) is 3.35. The first-order valence-electron chi connectivity index (χ1n) is 6.61. The van der Waals surface area contributed by atoms with Crippen molar-refractivity contribution in [3.63, 3.8) is 0 Å². The van der Waals surface area contributed by atoms with Gasteiger partial charge in [-0.05, 0) is 44.5 Å². The molecule has 0 aromatic heterocycles. The number of phenols is 1. The van der Waals surface area contributed by atoms with E-state index in [1.54, 1.807) is 17.8 Å². The van der Waals surface area contributed by atoms with Crippen LogP contribution in [0.15, 0.2) is 35.2 Å². The van der Waals surface area contributed by atoms with Gasteiger partial charge in [0.05, 0.1) is 5.56 Å². The Labute approximate surface area is 134 Å². The van der Waals surface area contributed by atoms with Crippen LogP contribution < -0.4 is 0 Å². The standard InChI is InChI=1S/C17H17ClO2S/c1-10-4-5-11(2)16(6-10)21-9-13-7-14(18)8-15(12(3)19)17(13)20/h4-8,20H,9H2,1-3H3. The first kappa shape index (κ1) is 15.9. The average Bonchev–Trinajstić information content (AvgIpc) is 2.42. The zero-order valence-electron chi connectivity index (χ0n) is 12.2. The summed E-state index contributed by atoms with van der Waals surface area (Å²) in [6, 6.07) is 9.49. The zero-order chi connectivity index (χ0) is 15.6. The molecule has 0 saturated heterocycles. The Kier molecular flexibility index (Phi) is 4.96. The molecule has 21 heavy (non-hydrogen) atoms. The van der Waals surface area contributed by atoms with Gasteiger partial charge in [0.1, 0.15) is 5.75 Å². The second-order valence-corrected chi connectivity index (χ2v) is 6.53. The molecule has 0 atom stereocenters. The molecule has 0 aliphatic carbocycles. The third kappa shape index (κ3) is 3.80. The Morgan fingerprint density at radius 2 is 1.95 bits per heavy atom. The first-order chi connectivity index (χ1) is 9.88. The van der Waals surface area contributed by atoms with E-state index in [1.165, 1.54) is 29.0 Å². The van der Waals surface area contributed by atoms with E-state index in [0.717, 1.165) is 0 Å². The van der Waals surface area contributed by atoms with Crippen LogP contribution in [0.5, 0.6) is 5.75 Å². The molecule has 0 radical (unpaired) electrons. The van der Waals surface area contributed by atoms with Crippen molar-refractivity contribution in [2.24, 2.45) is 0 Å². The minimum absolute atomic E-state index is 0.0321. The molecular weight excluding hydrogens is 304 g/mol. The number of hydrogen-bond donors (Lipinski definition) is 1. The minimum Gasteiger partial charge on any atom is -0.507 e. The molecule has 0 aliphatic rings. The fourth-order valence-electron chi connectivity index (χ4n) is 2.05. The van der Waals surface area contributed by atoms with Gasteiger partial charge in [0, 0.05) is 21.2 Å². The Bertz CT molecular complexity index is 695. The third-order valence-corrected chi connectivity index (χ3v) is 4.68. The van der Waals surface area contributed by atoms with E-state index < -0.39 is 0 Å². The van der Waals surface area contributed by atoms with Gasteiger partial charge in [-0.15, -0.1) is 11.8 Å². The van der Waals surface area contributed by atoms with Gasteiger partial charge in [0.2, 0.25) is 0 Å². The van der Waals surface area contributed by atoms with E-state index in [0.29, 0.717) is 16.3 Å². The Morgan fingerprint density at radius 3 is 2.62 bits per heavy atom. The summed E-state index contributed by atoms with van der Waals surface area (Å²) in [4.78, 5) is 12.7. The van der Waals surface area contributed by atoms with E-state index in [9.17, 15) is 9.90 Å². The normalized spacial score (nSPS) is 10.7. The van der Waals surface area contributed by atoms with Crippen molar-refractivity contribution in [3.05, 3.63) is 57.6 Å². The van der Waals surface area contributed by atoms with Gasteiger partial charge < -0.3 is 5.11 Å². The number of benzene rings is 2. The number of aryl methyl sites for hydroxylation is 2. The molecule has 0 spiro atoms. The van der Waals surface area contributed by atoms with Crippen molar-refractivity contribution in [1.82, 2.24) is 0 Å². The van der Waals surface area contributed by atoms with E-state index in [2.05, 4.69) is 25.1 Å². The summed E-state index contributed by atoms with van der Waals surface area (Å²) in [5.74, 6) is 0.412. The molecule has 0 aliphatic heterocycles. The van der Waals surface area contributed by atoms with Crippen molar-refractivity contribution in [2.75, 3.05) is 0 Å². The summed E-state index contributed by atoms with van der Waals surface area (Å²) >= 11 is 7.66. The van der Waals surface area contributed by atoms with Crippen molar-refractivity contribution in [1.29, 1.82) is 0 Å². The molecule has 0 saturated carbocycles. The fraction of sp³-hybridized carbons (Fsp3) is 0.235. The van der Waals surface area contributed by atoms with Gasteiger partial charge in [-0.3, -0.25) is 4.79 Å². The maximum atomic E-state index is 11.5. The topological polar surface area (TPSA) is 37.3 Å². The number of rotatable bonds is 4. The number of carbonyl (C=O) groups excluding carboxylic acids is 1. The van der Waals surface area contributed by atoms with Crippen LogP contribution in [-0.2, 0) is 5.75 Å². The van der Waals surface area contributed by atoms with Gasteiger partial charge in [-0.25, -0.2) is 0 Å². The summed E-state index contributed by atoms with van der Waals surface area (Å²) in [6.45, 7) is 5.53. The predicted molar refractivity (Wildman–Crippen MR) is 88.6 cm³/mol. The number of aromatic hydroxyl groups is 1. The van der Waals surface area contributed by atoms with Crippen molar-refractivity contribution in [3.8, 4) is 5.75 Å². The minimum atomic E-state index is -0.187. The molecule has 1 N–H and O–H groups in total. The molecule has 0 bridgehead atoms. The summed E-state index contributed by atoms with van der Waals surface area (Å²) < 4.78 is 0. The van der Waals surface area contributed by atoms with Crippen LogP contribution >= 0.6 is 23.4 Å². The molecule has 2 nitrogen and oxygen atoms in total. The summed E-state index contributed by atoms with van der Waals surface area (Å²) in [7, 11) is 0. The fourth-order valence-corrected chi connectivity index (χ4v) is 3.39. The van der Waals surface area contributed by atoms with Crippen molar-refractivity contribution in [2.45, 2.75) is 31.4 Å². The molecule has 2 aromatic carbocycles. The first-order valence-corrected chi connectivity index (χ1v) is 7.97. The number of thioether (sulfide) groups is 1. The molecule has 0 unspecified atom stereocenters. The monoisotopic (exact) mass is 320 g/mol. The lowest BCUT2D eigenvalue weighted by Crippen LogP contribution is -1.96. The molecule has 0 amide bonds. The molecule has 2 rings (SSSR count). The van der Waals surface area contributed by atoms with Gasteiger partial charge in [0.25, 0.3) is 0 Å². The maximum absolute atomic E-state index is 11.5. The number of phenolic OH excluding ortho intramolecular Hbond substituents is 1. The van der Waals surface area contributed by atoms with Gasteiger partial charge in [-0.2, -0.15) is 0 Å². The maximum Gasteiger partial charge on any atom is 0.163 e. The van der Waals surface area contributed by atoms with E-state index in [4.69, 9.17) is 11.6 Å². The lowest BCUT2D eigenvalue weighted by Gasteiger charge is -2.11. The number of carbonyl (C=O) groups is 1. The van der Waals surface area contributed by atoms with Gasteiger partial charge in [0.15, 0.2) is 5.78 Å². The third-order valence-electron chi connectivity index (χ3n) is 3.26. The highest BCUT2D eigenvalue weighted by atomic mass is 35.5. The van der Waals surface area contributed by atoms with E-state index in [1.807, 2.05) is 6.92 Å².